The molecular weight excluding hydrogens is 429 g/mol. The van der Waals surface area contributed by atoms with Crippen LogP contribution in [0.1, 0.15) is 41.3 Å². The van der Waals surface area contributed by atoms with Crippen LogP contribution in [-0.4, -0.2) is 34.0 Å². The van der Waals surface area contributed by atoms with Crippen molar-refractivity contribution in [1.29, 1.82) is 0 Å². The number of imidazole rings is 1. The Morgan fingerprint density at radius 1 is 1.23 bits per heavy atom. The maximum atomic E-state index is 13.3. The zero-order valence-electron chi connectivity index (χ0n) is 17.1. The summed E-state index contributed by atoms with van der Waals surface area (Å²) >= 11 is 5.71. The van der Waals surface area contributed by atoms with E-state index in [4.69, 9.17) is 16.6 Å². The largest absolute Gasteiger partial charge is 0.418 e. The van der Waals surface area contributed by atoms with Gasteiger partial charge in [0.2, 0.25) is 0 Å². The van der Waals surface area contributed by atoms with Gasteiger partial charge in [0, 0.05) is 24.0 Å². The number of benzene rings is 2. The highest BCUT2D eigenvalue weighted by molar-refractivity contribution is 6.30. The van der Waals surface area contributed by atoms with Gasteiger partial charge < -0.3 is 15.2 Å². The van der Waals surface area contributed by atoms with E-state index in [-0.39, 0.29) is 16.6 Å². The number of alkyl halides is 3. The molecule has 0 aliphatic carbocycles. The Hall–Kier alpha value is -2.74. The predicted molar refractivity (Wildman–Crippen MR) is 115 cm³/mol. The van der Waals surface area contributed by atoms with Crippen LogP contribution in [0.15, 0.2) is 30.3 Å². The van der Waals surface area contributed by atoms with Gasteiger partial charge in [0.25, 0.3) is 0 Å². The van der Waals surface area contributed by atoms with Crippen molar-refractivity contribution in [3.63, 3.8) is 0 Å². The molecule has 1 aliphatic rings. The molecular formula is C22H22ClF3N4O. The molecule has 0 bridgehead atoms. The quantitative estimate of drug-likeness (QED) is 0.483. The summed E-state index contributed by atoms with van der Waals surface area (Å²) in [6.45, 7) is 4.91. The van der Waals surface area contributed by atoms with Gasteiger partial charge in [0.1, 0.15) is 5.82 Å². The summed E-state index contributed by atoms with van der Waals surface area (Å²) in [5.74, 6) is 0.778. The number of aromatic amines is 1. The van der Waals surface area contributed by atoms with Crippen molar-refractivity contribution >= 4 is 34.4 Å². The number of hydrogen-bond acceptors (Lipinski definition) is 2. The number of aromatic nitrogens is 2. The Balaban J connectivity index is 1.52. The highest BCUT2D eigenvalue weighted by Crippen LogP contribution is 2.37. The van der Waals surface area contributed by atoms with Crippen LogP contribution in [0.2, 0.25) is 5.02 Å². The number of halogens is 4. The second kappa shape index (κ2) is 8.07. The minimum absolute atomic E-state index is 0.0141. The number of rotatable bonds is 2. The van der Waals surface area contributed by atoms with Crippen LogP contribution in [0.5, 0.6) is 0 Å². The van der Waals surface area contributed by atoms with Crippen LogP contribution in [0.3, 0.4) is 0 Å². The van der Waals surface area contributed by atoms with Crippen molar-refractivity contribution in [1.82, 2.24) is 14.9 Å². The first kappa shape index (κ1) is 21.5. The maximum absolute atomic E-state index is 13.3. The fraction of sp³-hybridized carbons (Fsp3) is 0.364. The summed E-state index contributed by atoms with van der Waals surface area (Å²) in [5, 5.41) is 2.36. The molecule has 2 amide bonds. The Morgan fingerprint density at radius 2 is 1.97 bits per heavy atom. The van der Waals surface area contributed by atoms with Crippen molar-refractivity contribution in [2.75, 3.05) is 18.4 Å². The number of nitrogens with zero attached hydrogens (tertiary/aromatic N) is 2. The molecule has 2 N–H and O–H groups in total. The zero-order valence-corrected chi connectivity index (χ0v) is 17.9. The Morgan fingerprint density at radius 3 is 2.71 bits per heavy atom. The monoisotopic (exact) mass is 450 g/mol. The lowest BCUT2D eigenvalue weighted by molar-refractivity contribution is -0.136. The van der Waals surface area contributed by atoms with Gasteiger partial charge in [-0.3, -0.25) is 0 Å². The molecule has 1 saturated heterocycles. The molecule has 5 nitrogen and oxygen atoms in total. The molecule has 3 aromatic rings. The summed E-state index contributed by atoms with van der Waals surface area (Å²) in [4.78, 5) is 22.3. The van der Waals surface area contributed by atoms with Crippen molar-refractivity contribution in [3.8, 4) is 0 Å². The average molecular weight is 451 g/mol. The number of hydrogen-bond donors (Lipinski definition) is 2. The molecule has 9 heteroatoms. The molecule has 0 saturated carbocycles. The van der Waals surface area contributed by atoms with Crippen LogP contribution in [-0.2, 0) is 6.18 Å². The van der Waals surface area contributed by atoms with E-state index in [9.17, 15) is 18.0 Å². The third kappa shape index (κ3) is 4.49. The molecule has 4 rings (SSSR count). The van der Waals surface area contributed by atoms with Crippen LogP contribution in [0.25, 0.3) is 11.0 Å². The minimum Gasteiger partial charge on any atom is -0.342 e. The number of aryl methyl sites for hydroxylation is 2. The molecule has 1 aliphatic heterocycles. The van der Waals surface area contributed by atoms with Crippen LogP contribution in [0, 0.1) is 13.8 Å². The van der Waals surface area contributed by atoms with Gasteiger partial charge in [0.15, 0.2) is 0 Å². The Bertz CT molecular complexity index is 1100. The van der Waals surface area contributed by atoms with Gasteiger partial charge in [-0.1, -0.05) is 11.6 Å². The normalized spacial score (nSPS) is 17.2. The highest BCUT2D eigenvalue weighted by atomic mass is 35.5. The Kier molecular flexibility index (Phi) is 5.60. The van der Waals surface area contributed by atoms with Crippen LogP contribution < -0.4 is 5.32 Å². The summed E-state index contributed by atoms with van der Waals surface area (Å²) < 4.78 is 40.0. The first-order valence-corrected chi connectivity index (χ1v) is 10.4. The number of nitrogens with one attached hydrogen (secondary N) is 2. The summed E-state index contributed by atoms with van der Waals surface area (Å²) in [6.07, 6.45) is -3.04. The first-order chi connectivity index (χ1) is 14.6. The zero-order chi connectivity index (χ0) is 22.3. The predicted octanol–water partition coefficient (Wildman–Crippen LogP) is 6.26. The molecule has 2 aromatic carbocycles. The molecule has 1 aromatic heterocycles. The fourth-order valence-electron chi connectivity index (χ4n) is 3.92. The number of carbonyl (C=O) groups is 1. The van der Waals surface area contributed by atoms with E-state index < -0.39 is 17.8 Å². The molecule has 31 heavy (non-hydrogen) atoms. The lowest BCUT2D eigenvalue weighted by atomic mass is 9.97. The Labute approximate surface area is 182 Å². The van der Waals surface area contributed by atoms with Gasteiger partial charge in [-0.25, -0.2) is 9.78 Å². The number of amides is 2. The number of fused-ring (bicyclic) bond motifs is 1. The van der Waals surface area contributed by atoms with E-state index in [1.807, 2.05) is 26.0 Å². The second-order valence-electron chi connectivity index (χ2n) is 7.98. The molecule has 1 fully saturated rings. The standard InChI is InChI=1S/C22H22ClF3N4O/c1-12-8-18-19(9-13(12)2)28-20(27-18)14-4-3-7-30(11-14)21(31)29-17-6-5-15(23)10-16(17)22(24,25)26/h5-6,8-10,14H,3-4,7,11H2,1-2H3,(H,27,28)(H,29,31). The molecule has 1 unspecified atom stereocenters. The lowest BCUT2D eigenvalue weighted by Crippen LogP contribution is -2.42. The van der Waals surface area contributed by atoms with Gasteiger partial charge in [-0.05, 0) is 68.1 Å². The molecule has 1 atom stereocenters. The topological polar surface area (TPSA) is 61.0 Å². The second-order valence-corrected chi connectivity index (χ2v) is 8.42. The van der Waals surface area contributed by atoms with Crippen molar-refractivity contribution in [2.45, 2.75) is 38.8 Å². The van der Waals surface area contributed by atoms with Crippen molar-refractivity contribution in [3.05, 3.63) is 57.9 Å². The van der Waals surface area contributed by atoms with E-state index in [2.05, 4.69) is 10.3 Å². The summed E-state index contributed by atoms with van der Waals surface area (Å²) in [7, 11) is 0. The van der Waals surface area contributed by atoms with E-state index >= 15 is 0 Å². The SMILES string of the molecule is Cc1cc2nc(C3CCCN(C(=O)Nc4ccc(Cl)cc4C(F)(F)F)C3)[nH]c2cc1C. The van der Waals surface area contributed by atoms with E-state index in [0.717, 1.165) is 46.9 Å². The number of likely N-dealkylation sites (tertiary alicyclic amines) is 1. The van der Waals surface area contributed by atoms with Gasteiger partial charge in [-0.2, -0.15) is 13.2 Å². The van der Waals surface area contributed by atoms with E-state index in [1.54, 1.807) is 0 Å². The van der Waals surface area contributed by atoms with Gasteiger partial charge >= 0.3 is 12.2 Å². The smallest absolute Gasteiger partial charge is 0.342 e. The van der Waals surface area contributed by atoms with E-state index in [0.29, 0.717) is 13.1 Å². The summed E-state index contributed by atoms with van der Waals surface area (Å²) in [6, 6.07) is 6.82. The first-order valence-electron chi connectivity index (χ1n) is 10.0. The minimum atomic E-state index is -4.62. The summed E-state index contributed by atoms with van der Waals surface area (Å²) in [5.41, 5.74) is 2.85. The molecule has 2 heterocycles. The van der Waals surface area contributed by atoms with Gasteiger partial charge in [-0.15, -0.1) is 0 Å². The molecule has 0 radical (unpaired) electrons. The van der Waals surface area contributed by atoms with Crippen LogP contribution >= 0.6 is 11.6 Å². The number of anilines is 1. The van der Waals surface area contributed by atoms with Crippen LogP contribution in [0.4, 0.5) is 23.7 Å². The number of H-pyrrole nitrogens is 1. The number of urea groups is 1. The van der Waals surface area contributed by atoms with Gasteiger partial charge in [0.05, 0.1) is 22.3 Å². The molecule has 0 spiro atoms. The molecule has 164 valence electrons. The lowest BCUT2D eigenvalue weighted by Gasteiger charge is -2.32. The third-order valence-corrected chi connectivity index (χ3v) is 5.97. The number of piperidine rings is 1. The third-order valence-electron chi connectivity index (χ3n) is 5.74. The van der Waals surface area contributed by atoms with E-state index in [1.165, 1.54) is 17.0 Å². The van der Waals surface area contributed by atoms with Crippen molar-refractivity contribution < 1.29 is 18.0 Å². The van der Waals surface area contributed by atoms with Crippen molar-refractivity contribution in [2.24, 2.45) is 0 Å². The average Bonchev–Trinajstić information content (AvgIpc) is 3.11. The number of carbonyl (C=O) groups excluding carboxylic acids is 1. The highest BCUT2D eigenvalue weighted by Gasteiger charge is 2.35. The fourth-order valence-corrected chi connectivity index (χ4v) is 4.09. The maximum Gasteiger partial charge on any atom is 0.418 e.